The number of hydrogen-bond acceptors (Lipinski definition) is 5. The Hall–Kier alpha value is -3.83. The Morgan fingerprint density at radius 2 is 1.22 bits per heavy atom. The fraction of sp³-hybridized carbons (Fsp3) is 0.161. The highest BCUT2D eigenvalue weighted by molar-refractivity contribution is 8.16. The fourth-order valence-electron chi connectivity index (χ4n) is 4.80. The van der Waals surface area contributed by atoms with Crippen molar-refractivity contribution in [3.8, 4) is 0 Å². The molecule has 0 saturated heterocycles. The first-order chi connectivity index (χ1) is 17.8. The van der Waals surface area contributed by atoms with Crippen molar-refractivity contribution in [1.29, 1.82) is 0 Å². The van der Waals surface area contributed by atoms with E-state index in [1.807, 2.05) is 12.1 Å². The molecule has 4 nitrogen and oxygen atoms in total. The summed E-state index contributed by atoms with van der Waals surface area (Å²) in [5.74, 6) is 0. The minimum absolute atomic E-state index is 0.513. The van der Waals surface area contributed by atoms with E-state index in [1.165, 1.54) is 11.1 Å². The zero-order valence-electron chi connectivity index (χ0n) is 20.3. The molecule has 4 aromatic rings. The van der Waals surface area contributed by atoms with Gasteiger partial charge in [-0.1, -0.05) is 97.9 Å². The van der Waals surface area contributed by atoms with Crippen molar-refractivity contribution in [1.82, 2.24) is 0 Å². The Morgan fingerprint density at radius 1 is 0.667 bits per heavy atom. The topological polar surface area (TPSA) is 31.2 Å². The molecule has 2 aliphatic rings. The highest BCUT2D eigenvalue weighted by Gasteiger charge is 2.52. The molecule has 5 heteroatoms. The van der Waals surface area contributed by atoms with Crippen molar-refractivity contribution < 1.29 is 0 Å². The highest BCUT2D eigenvalue weighted by Crippen LogP contribution is 2.51. The Balaban J connectivity index is 1.49. The van der Waals surface area contributed by atoms with Gasteiger partial charge in [0.05, 0.1) is 17.1 Å². The number of benzene rings is 4. The van der Waals surface area contributed by atoms with Crippen LogP contribution in [0.5, 0.6) is 0 Å². The lowest BCUT2D eigenvalue weighted by molar-refractivity contribution is 0.487. The standard InChI is InChI=1S/C31H28N4S/c1-2-24-18-20-25(21-19-24)29-22-23-31(34(32-29)27-14-8-4-9-15-27)35(28-16-10-5-11-17-28)33-30(36-31)26-12-6-3-7-13-26/h3-21H,2,22-23H2,1H3/t31-/m1/s1. The van der Waals surface area contributed by atoms with Gasteiger partial charge in [0.2, 0.25) is 4.99 Å². The molecule has 0 amide bonds. The van der Waals surface area contributed by atoms with E-state index in [0.717, 1.165) is 47.0 Å². The molecule has 0 bridgehead atoms. The number of hydrazone groups is 2. The molecule has 0 fully saturated rings. The Labute approximate surface area is 217 Å². The fourth-order valence-corrected chi connectivity index (χ4v) is 6.16. The quantitative estimate of drug-likeness (QED) is 0.291. The summed E-state index contributed by atoms with van der Waals surface area (Å²) in [5, 5.41) is 15.9. The van der Waals surface area contributed by atoms with Crippen molar-refractivity contribution in [2.75, 3.05) is 10.0 Å². The van der Waals surface area contributed by atoms with Gasteiger partial charge >= 0.3 is 0 Å². The molecular weight excluding hydrogens is 460 g/mol. The lowest BCUT2D eigenvalue weighted by atomic mass is 10.0. The van der Waals surface area contributed by atoms with Gasteiger partial charge in [-0.25, -0.2) is 10.0 Å². The van der Waals surface area contributed by atoms with Crippen LogP contribution in [-0.2, 0) is 6.42 Å². The summed E-state index contributed by atoms with van der Waals surface area (Å²) >= 11 is 1.79. The molecule has 36 heavy (non-hydrogen) atoms. The van der Waals surface area contributed by atoms with Crippen LogP contribution in [0.25, 0.3) is 0 Å². The van der Waals surface area contributed by atoms with Crippen LogP contribution in [-0.4, -0.2) is 15.8 Å². The smallest absolute Gasteiger partial charge is 0.208 e. The van der Waals surface area contributed by atoms with E-state index in [2.05, 4.69) is 120 Å². The molecule has 0 radical (unpaired) electrons. The van der Waals surface area contributed by atoms with Gasteiger partial charge in [-0.15, -0.1) is 0 Å². The lowest BCUT2D eigenvalue weighted by Gasteiger charge is -2.46. The van der Waals surface area contributed by atoms with E-state index >= 15 is 0 Å². The molecule has 2 heterocycles. The van der Waals surface area contributed by atoms with E-state index in [0.29, 0.717) is 0 Å². The second-order valence-corrected chi connectivity index (χ2v) is 10.3. The zero-order chi connectivity index (χ0) is 24.4. The van der Waals surface area contributed by atoms with Gasteiger partial charge < -0.3 is 0 Å². The number of aryl methyl sites for hydroxylation is 1. The molecule has 0 saturated carbocycles. The van der Waals surface area contributed by atoms with Crippen LogP contribution in [0.4, 0.5) is 11.4 Å². The summed E-state index contributed by atoms with van der Waals surface area (Å²) in [6.07, 6.45) is 2.77. The van der Waals surface area contributed by atoms with Crippen LogP contribution >= 0.6 is 11.8 Å². The monoisotopic (exact) mass is 488 g/mol. The van der Waals surface area contributed by atoms with Crippen molar-refractivity contribution >= 4 is 33.9 Å². The highest BCUT2D eigenvalue weighted by atomic mass is 32.2. The molecule has 178 valence electrons. The van der Waals surface area contributed by atoms with Crippen LogP contribution in [0.15, 0.2) is 125 Å². The van der Waals surface area contributed by atoms with E-state index in [4.69, 9.17) is 10.2 Å². The van der Waals surface area contributed by atoms with Gasteiger partial charge in [-0.05, 0) is 60.0 Å². The van der Waals surface area contributed by atoms with Crippen molar-refractivity contribution in [3.05, 3.63) is 132 Å². The number of nitrogens with zero attached hydrogens (tertiary/aromatic N) is 4. The number of para-hydroxylation sites is 2. The Morgan fingerprint density at radius 3 is 1.81 bits per heavy atom. The largest absolute Gasteiger partial charge is 0.228 e. The molecule has 2 aliphatic heterocycles. The van der Waals surface area contributed by atoms with Gasteiger partial charge in [0.1, 0.15) is 5.04 Å². The maximum Gasteiger partial charge on any atom is 0.208 e. The molecule has 0 aliphatic carbocycles. The van der Waals surface area contributed by atoms with Gasteiger partial charge in [0.25, 0.3) is 0 Å². The first kappa shape index (κ1) is 22.6. The van der Waals surface area contributed by atoms with Crippen LogP contribution in [0, 0.1) is 0 Å². The van der Waals surface area contributed by atoms with Crippen LogP contribution in [0.1, 0.15) is 36.5 Å². The Kier molecular flexibility index (Phi) is 6.08. The van der Waals surface area contributed by atoms with E-state index in [1.54, 1.807) is 11.8 Å². The van der Waals surface area contributed by atoms with E-state index in [-0.39, 0.29) is 0 Å². The third kappa shape index (κ3) is 4.10. The lowest BCUT2D eigenvalue weighted by Crippen LogP contribution is -2.56. The minimum Gasteiger partial charge on any atom is -0.228 e. The van der Waals surface area contributed by atoms with Crippen LogP contribution in [0.3, 0.4) is 0 Å². The van der Waals surface area contributed by atoms with Crippen molar-refractivity contribution in [2.45, 2.75) is 31.2 Å². The second-order valence-electron chi connectivity index (χ2n) is 9.01. The van der Waals surface area contributed by atoms with Crippen LogP contribution in [0.2, 0.25) is 0 Å². The molecule has 0 N–H and O–H groups in total. The Bertz CT molecular complexity index is 1390. The zero-order valence-corrected chi connectivity index (χ0v) is 21.1. The van der Waals surface area contributed by atoms with E-state index < -0.39 is 4.99 Å². The summed E-state index contributed by atoms with van der Waals surface area (Å²) < 4.78 is 0. The SMILES string of the molecule is CCc1ccc(C2=NN(c3ccccc3)[C@@]3(CC2)SC(c2ccccc2)=NN3c2ccccc2)cc1. The second kappa shape index (κ2) is 9.67. The maximum absolute atomic E-state index is 5.33. The molecule has 4 aromatic carbocycles. The molecule has 1 atom stereocenters. The first-order valence-corrected chi connectivity index (χ1v) is 13.3. The van der Waals surface area contributed by atoms with Gasteiger partial charge in [0.15, 0.2) is 0 Å². The van der Waals surface area contributed by atoms with Crippen molar-refractivity contribution in [2.24, 2.45) is 10.2 Å². The van der Waals surface area contributed by atoms with Crippen molar-refractivity contribution in [3.63, 3.8) is 0 Å². The molecule has 0 unspecified atom stereocenters. The van der Waals surface area contributed by atoms with Gasteiger partial charge in [-0.3, -0.25) is 0 Å². The molecule has 0 aromatic heterocycles. The summed E-state index contributed by atoms with van der Waals surface area (Å²) in [5.41, 5.74) is 6.86. The first-order valence-electron chi connectivity index (χ1n) is 12.5. The maximum atomic E-state index is 5.33. The number of thioether (sulfide) groups is 1. The minimum atomic E-state index is -0.513. The molecule has 1 spiro atoms. The number of hydrogen-bond donors (Lipinski definition) is 0. The predicted octanol–water partition coefficient (Wildman–Crippen LogP) is 7.52. The normalized spacial score (nSPS) is 19.4. The molecular formula is C31H28N4S. The summed E-state index contributed by atoms with van der Waals surface area (Å²) in [6, 6.07) is 40.2. The average Bonchev–Trinajstić information content (AvgIpc) is 3.34. The summed E-state index contributed by atoms with van der Waals surface area (Å²) in [4.78, 5) is -0.513. The van der Waals surface area contributed by atoms with Crippen LogP contribution < -0.4 is 10.0 Å². The average molecular weight is 489 g/mol. The predicted molar refractivity (Wildman–Crippen MR) is 153 cm³/mol. The third-order valence-electron chi connectivity index (χ3n) is 6.74. The van der Waals surface area contributed by atoms with Gasteiger partial charge in [-0.2, -0.15) is 10.2 Å². The number of anilines is 2. The molecule has 6 rings (SSSR count). The third-order valence-corrected chi connectivity index (χ3v) is 8.13. The van der Waals surface area contributed by atoms with Gasteiger partial charge in [0, 0.05) is 12.0 Å². The summed E-state index contributed by atoms with van der Waals surface area (Å²) in [6.45, 7) is 2.19. The summed E-state index contributed by atoms with van der Waals surface area (Å²) in [7, 11) is 0. The van der Waals surface area contributed by atoms with E-state index in [9.17, 15) is 0 Å². The number of rotatable bonds is 5.